The number of benzene rings is 3. The molecule has 3 aromatic carbocycles. The minimum atomic E-state index is -0.152. The first-order chi connectivity index (χ1) is 22.8. The van der Waals surface area contributed by atoms with E-state index >= 15 is 0 Å². The van der Waals surface area contributed by atoms with Gasteiger partial charge in [-0.1, -0.05) is 141 Å². The number of fused-ring (bicyclic) bond motifs is 1. The van der Waals surface area contributed by atoms with Gasteiger partial charge in [0.1, 0.15) is 0 Å². The van der Waals surface area contributed by atoms with Crippen molar-refractivity contribution >= 4 is 27.9 Å². The van der Waals surface area contributed by atoms with Gasteiger partial charge in [-0.15, -0.1) is 0 Å². The van der Waals surface area contributed by atoms with Crippen molar-refractivity contribution in [2.45, 2.75) is 93.4 Å². The van der Waals surface area contributed by atoms with E-state index in [4.69, 9.17) is 9.98 Å². The summed E-state index contributed by atoms with van der Waals surface area (Å²) in [6, 6.07) is 24.6. The molecule has 0 spiro atoms. The number of pyridine rings is 1. The molecule has 0 saturated carbocycles. The van der Waals surface area contributed by atoms with Gasteiger partial charge < -0.3 is 0 Å². The average molecular weight is 635 g/mol. The van der Waals surface area contributed by atoms with Crippen molar-refractivity contribution in [2.24, 2.45) is 16.3 Å². The molecule has 1 heterocycles. The van der Waals surface area contributed by atoms with Crippen LogP contribution >= 0.6 is 0 Å². The van der Waals surface area contributed by atoms with E-state index in [0.717, 1.165) is 40.0 Å². The lowest BCUT2D eigenvalue weighted by atomic mass is 9.86. The fourth-order valence-corrected chi connectivity index (χ4v) is 6.67. The molecule has 1 atom stereocenters. The van der Waals surface area contributed by atoms with Gasteiger partial charge in [-0.05, 0) is 101 Å². The zero-order valence-corrected chi connectivity index (χ0v) is 30.7. The molecule has 2 heteroatoms. The maximum absolute atomic E-state index is 5.34. The van der Waals surface area contributed by atoms with E-state index < -0.39 is 0 Å². The molecule has 0 aliphatic heterocycles. The standard InChI is InChI=1S/C46H54N2/c1-11-18-32(12-2)34-21-17-22-35(25-24-34)37-27-36(33-19-15-14-16-20-33)28-38(29-37)40-30-42(46(8,9)10)48-44-39(40)26-23-31(4)43(44)47-41(13-3)45(5,6)7/h13-17,19-20,22-30,32H,3,11-12,18,21H2,1-2,4-10H3. The summed E-state index contributed by atoms with van der Waals surface area (Å²) in [5.41, 5.74) is 13.5. The number of hydrogen-bond acceptors (Lipinski definition) is 2. The number of hydrogen-bond donors (Lipinski definition) is 0. The molecule has 0 bridgehead atoms. The first-order valence-electron chi connectivity index (χ1n) is 17.8. The monoisotopic (exact) mass is 634 g/mol. The highest BCUT2D eigenvalue weighted by Gasteiger charge is 2.23. The second-order valence-corrected chi connectivity index (χ2v) is 15.4. The minimum absolute atomic E-state index is 0.137. The molecule has 0 saturated heterocycles. The normalized spacial score (nSPS) is 14.8. The van der Waals surface area contributed by atoms with Gasteiger partial charge in [0.25, 0.3) is 0 Å². The average Bonchev–Trinajstić information content (AvgIpc) is 3.32. The molecule has 48 heavy (non-hydrogen) atoms. The largest absolute Gasteiger partial charge is 0.250 e. The molecule has 1 unspecified atom stereocenters. The molecule has 0 N–H and O–H groups in total. The summed E-state index contributed by atoms with van der Waals surface area (Å²) < 4.78 is 0. The van der Waals surface area contributed by atoms with Gasteiger partial charge in [0, 0.05) is 27.6 Å². The maximum atomic E-state index is 5.34. The summed E-state index contributed by atoms with van der Waals surface area (Å²) in [6.45, 7) is 24.2. The first-order valence-corrected chi connectivity index (χ1v) is 17.8. The van der Waals surface area contributed by atoms with Crippen LogP contribution in [0.5, 0.6) is 0 Å². The van der Waals surface area contributed by atoms with Crippen LogP contribution in [-0.2, 0) is 5.41 Å². The lowest BCUT2D eigenvalue weighted by molar-refractivity contribution is 0.526. The summed E-state index contributed by atoms with van der Waals surface area (Å²) in [5.74, 6) is 0.640. The smallest absolute Gasteiger partial charge is 0.0971 e. The number of aromatic nitrogens is 1. The van der Waals surface area contributed by atoms with Gasteiger partial charge >= 0.3 is 0 Å². The molecule has 0 radical (unpaired) electrons. The minimum Gasteiger partial charge on any atom is -0.250 e. The Morgan fingerprint density at radius 1 is 0.875 bits per heavy atom. The third-order valence-corrected chi connectivity index (χ3v) is 9.59. The summed E-state index contributed by atoms with van der Waals surface area (Å²) in [5, 5.41) is 1.11. The second-order valence-electron chi connectivity index (χ2n) is 15.4. The van der Waals surface area contributed by atoms with Crippen LogP contribution in [-0.4, -0.2) is 10.7 Å². The maximum Gasteiger partial charge on any atom is 0.0971 e. The lowest BCUT2D eigenvalue weighted by Gasteiger charge is -2.23. The molecule has 5 rings (SSSR count). The van der Waals surface area contributed by atoms with Gasteiger partial charge in [-0.2, -0.15) is 0 Å². The lowest BCUT2D eigenvalue weighted by Crippen LogP contribution is -2.17. The Balaban J connectivity index is 1.81. The number of nitrogens with zero attached hydrogens (tertiary/aromatic N) is 2. The van der Waals surface area contributed by atoms with Crippen LogP contribution in [0.3, 0.4) is 0 Å². The van der Waals surface area contributed by atoms with Crippen LogP contribution in [0.1, 0.15) is 97.9 Å². The van der Waals surface area contributed by atoms with Crippen LogP contribution in [0.25, 0.3) is 38.7 Å². The van der Waals surface area contributed by atoms with Crippen molar-refractivity contribution in [3.05, 3.63) is 126 Å². The third-order valence-electron chi connectivity index (χ3n) is 9.59. The van der Waals surface area contributed by atoms with Gasteiger partial charge in [0.2, 0.25) is 0 Å². The van der Waals surface area contributed by atoms with Crippen molar-refractivity contribution in [3.8, 4) is 22.3 Å². The Bertz CT molecular complexity index is 1920. The SMILES string of the molecule is C=CC(=Nc1c(C)ccc2c(-c3cc(C4=CC=C(C(CC)CCC)CC=C4)cc(-c4ccccc4)c3)cc(C(C)(C)C)nc12)C(C)(C)C. The van der Waals surface area contributed by atoms with E-state index in [2.05, 4.69) is 160 Å². The Morgan fingerprint density at radius 3 is 2.23 bits per heavy atom. The van der Waals surface area contributed by atoms with E-state index in [0.29, 0.717) is 5.92 Å². The molecule has 4 aromatic rings. The molecule has 2 nitrogen and oxygen atoms in total. The van der Waals surface area contributed by atoms with Gasteiger partial charge in [-0.25, -0.2) is 4.98 Å². The highest BCUT2D eigenvalue weighted by molar-refractivity contribution is 6.06. The molecule has 1 aliphatic carbocycles. The van der Waals surface area contributed by atoms with E-state index in [9.17, 15) is 0 Å². The molecule has 0 amide bonds. The quantitative estimate of drug-likeness (QED) is 0.168. The predicted octanol–water partition coefficient (Wildman–Crippen LogP) is 13.6. The molecule has 0 fully saturated rings. The van der Waals surface area contributed by atoms with Gasteiger partial charge in [0.15, 0.2) is 0 Å². The van der Waals surface area contributed by atoms with Crippen molar-refractivity contribution in [3.63, 3.8) is 0 Å². The van der Waals surface area contributed by atoms with E-state index in [1.54, 1.807) is 0 Å². The van der Waals surface area contributed by atoms with Gasteiger partial charge in [-0.3, -0.25) is 4.99 Å². The number of rotatable bonds is 9. The van der Waals surface area contributed by atoms with Crippen LogP contribution in [0.4, 0.5) is 5.69 Å². The Labute approximate surface area is 290 Å². The summed E-state index contributed by atoms with van der Waals surface area (Å²) in [4.78, 5) is 10.6. The summed E-state index contributed by atoms with van der Waals surface area (Å²) in [7, 11) is 0. The van der Waals surface area contributed by atoms with Crippen LogP contribution < -0.4 is 0 Å². The predicted molar refractivity (Wildman–Crippen MR) is 211 cm³/mol. The van der Waals surface area contributed by atoms with E-state index in [-0.39, 0.29) is 10.8 Å². The van der Waals surface area contributed by atoms with E-state index in [1.165, 1.54) is 58.2 Å². The second kappa shape index (κ2) is 14.4. The van der Waals surface area contributed by atoms with Crippen LogP contribution in [0, 0.1) is 18.3 Å². The Hall–Kier alpha value is -4.30. The Kier molecular flexibility index (Phi) is 10.5. The Morgan fingerprint density at radius 2 is 1.58 bits per heavy atom. The van der Waals surface area contributed by atoms with Crippen molar-refractivity contribution in [1.29, 1.82) is 0 Å². The number of aliphatic imine (C=N–C) groups is 1. The van der Waals surface area contributed by atoms with Crippen molar-refractivity contribution in [2.75, 3.05) is 0 Å². The van der Waals surface area contributed by atoms with E-state index in [1.807, 2.05) is 6.08 Å². The highest BCUT2D eigenvalue weighted by Crippen LogP contribution is 2.41. The number of allylic oxidation sites excluding steroid dienone is 7. The topological polar surface area (TPSA) is 25.2 Å². The van der Waals surface area contributed by atoms with Crippen LogP contribution in [0.2, 0.25) is 0 Å². The van der Waals surface area contributed by atoms with Crippen molar-refractivity contribution < 1.29 is 0 Å². The zero-order valence-electron chi connectivity index (χ0n) is 30.7. The highest BCUT2D eigenvalue weighted by atomic mass is 14.8. The van der Waals surface area contributed by atoms with Gasteiger partial charge in [0.05, 0.1) is 11.2 Å². The molecule has 248 valence electrons. The third kappa shape index (κ3) is 7.70. The summed E-state index contributed by atoms with van der Waals surface area (Å²) in [6.07, 6.45) is 16.0. The molecular formula is C46H54N2. The summed E-state index contributed by atoms with van der Waals surface area (Å²) >= 11 is 0. The fourth-order valence-electron chi connectivity index (χ4n) is 6.67. The molecular weight excluding hydrogens is 581 g/mol. The zero-order chi connectivity index (χ0) is 34.6. The first kappa shape index (κ1) is 35.0. The molecule has 1 aromatic heterocycles. The fraction of sp³-hybridized carbons (Fsp3) is 0.348. The van der Waals surface area contributed by atoms with Crippen LogP contribution in [0.15, 0.2) is 114 Å². The molecule has 1 aliphatic rings. The number of aryl methyl sites for hydroxylation is 1. The van der Waals surface area contributed by atoms with Crippen molar-refractivity contribution in [1.82, 2.24) is 4.98 Å².